The monoisotopic (exact) mass is 284 g/mol. The number of hydrogen-bond acceptors (Lipinski definition) is 2. The van der Waals surface area contributed by atoms with Crippen LogP contribution in [0.2, 0.25) is 0 Å². The van der Waals surface area contributed by atoms with Crippen molar-refractivity contribution in [2.45, 2.75) is 32.6 Å². The van der Waals surface area contributed by atoms with Gasteiger partial charge < -0.3 is 4.74 Å². The Morgan fingerprint density at radius 1 is 1.33 bits per heavy atom. The Morgan fingerprint density at radius 3 is 2.95 bits per heavy atom. The quantitative estimate of drug-likeness (QED) is 0.441. The summed E-state index contributed by atoms with van der Waals surface area (Å²) in [4.78, 5) is 11.7. The molecule has 0 N–H and O–H groups in total. The maximum absolute atomic E-state index is 11.7. The molecular weight excluding hydrogens is 260 g/mol. The van der Waals surface area contributed by atoms with E-state index in [1.165, 1.54) is 18.4 Å². The highest BCUT2D eigenvalue weighted by atomic mass is 16.5. The lowest BCUT2D eigenvalue weighted by Gasteiger charge is -2.43. The summed E-state index contributed by atoms with van der Waals surface area (Å²) in [6, 6.07) is 0. The molecule has 2 nitrogen and oxygen atoms in total. The van der Waals surface area contributed by atoms with E-state index < -0.39 is 0 Å². The number of carbonyl (C=O) groups excluding carboxylic acids is 1. The number of esters is 1. The summed E-state index contributed by atoms with van der Waals surface area (Å²) < 4.78 is 5.52. The fraction of sp³-hybridized carbons (Fsp3) is 0.526. The fourth-order valence-electron chi connectivity index (χ4n) is 4.00. The van der Waals surface area contributed by atoms with Crippen LogP contribution >= 0.6 is 0 Å². The van der Waals surface area contributed by atoms with Crippen molar-refractivity contribution >= 4 is 5.97 Å². The molecule has 3 aliphatic rings. The minimum Gasteiger partial charge on any atom is -0.462 e. The Bertz CT molecular complexity index is 524. The summed E-state index contributed by atoms with van der Waals surface area (Å²) in [5.41, 5.74) is 1.95. The van der Waals surface area contributed by atoms with Crippen LogP contribution in [0.25, 0.3) is 0 Å². The summed E-state index contributed by atoms with van der Waals surface area (Å²) in [6.07, 6.45) is 16.4. The summed E-state index contributed by atoms with van der Waals surface area (Å²) in [7, 11) is 0. The van der Waals surface area contributed by atoms with Crippen molar-refractivity contribution in [2.75, 3.05) is 6.61 Å². The summed E-state index contributed by atoms with van der Waals surface area (Å²) in [5, 5.41) is 0. The normalized spacial score (nSPS) is 33.7. The van der Waals surface area contributed by atoms with Gasteiger partial charge in [0.05, 0.1) is 6.61 Å². The van der Waals surface area contributed by atoms with E-state index in [0.717, 1.165) is 12.8 Å². The van der Waals surface area contributed by atoms with Gasteiger partial charge in [-0.3, -0.25) is 0 Å². The molecule has 0 spiro atoms. The molecule has 0 saturated carbocycles. The average molecular weight is 284 g/mol. The van der Waals surface area contributed by atoms with E-state index in [2.05, 4.69) is 37.0 Å². The Balaban J connectivity index is 1.81. The van der Waals surface area contributed by atoms with Gasteiger partial charge in [0.25, 0.3) is 0 Å². The van der Waals surface area contributed by atoms with E-state index in [0.29, 0.717) is 35.9 Å². The van der Waals surface area contributed by atoms with Crippen LogP contribution in [0.15, 0.2) is 48.1 Å². The number of hydrogen-bond donors (Lipinski definition) is 0. The lowest BCUT2D eigenvalue weighted by molar-refractivity contribution is -0.141. The summed E-state index contributed by atoms with van der Waals surface area (Å²) in [6.45, 7) is 5.90. The predicted molar refractivity (Wildman–Crippen MR) is 84.6 cm³/mol. The van der Waals surface area contributed by atoms with Crippen LogP contribution in [0, 0.1) is 23.7 Å². The van der Waals surface area contributed by atoms with Gasteiger partial charge in [-0.05, 0) is 55.9 Å². The Labute approximate surface area is 127 Å². The third-order valence-corrected chi connectivity index (χ3v) is 5.08. The zero-order chi connectivity index (χ0) is 14.8. The highest BCUT2D eigenvalue weighted by Crippen LogP contribution is 2.46. The van der Waals surface area contributed by atoms with Gasteiger partial charge in [0, 0.05) is 11.5 Å². The van der Waals surface area contributed by atoms with Crippen molar-refractivity contribution in [1.82, 2.24) is 0 Å². The largest absolute Gasteiger partial charge is 0.462 e. The van der Waals surface area contributed by atoms with Gasteiger partial charge in [-0.2, -0.15) is 0 Å². The van der Waals surface area contributed by atoms with Gasteiger partial charge in [-0.1, -0.05) is 37.0 Å². The smallest absolute Gasteiger partial charge is 0.333 e. The molecule has 3 rings (SSSR count). The van der Waals surface area contributed by atoms with E-state index in [4.69, 9.17) is 4.74 Å². The minimum absolute atomic E-state index is 0.256. The molecule has 0 saturated heterocycles. The first-order valence-corrected chi connectivity index (χ1v) is 8.04. The molecule has 0 bridgehead atoms. The van der Waals surface area contributed by atoms with Gasteiger partial charge in [0.1, 0.15) is 0 Å². The van der Waals surface area contributed by atoms with Gasteiger partial charge >= 0.3 is 5.97 Å². The second kappa shape index (κ2) is 6.05. The van der Waals surface area contributed by atoms with Crippen molar-refractivity contribution in [3.63, 3.8) is 0 Å². The van der Waals surface area contributed by atoms with Crippen LogP contribution in [0.4, 0.5) is 0 Å². The molecule has 0 heterocycles. The first-order valence-electron chi connectivity index (χ1n) is 8.04. The van der Waals surface area contributed by atoms with Crippen LogP contribution in [0.5, 0.6) is 0 Å². The highest BCUT2D eigenvalue weighted by Gasteiger charge is 2.39. The molecule has 0 radical (unpaired) electrons. The molecule has 0 aromatic heterocycles. The highest BCUT2D eigenvalue weighted by molar-refractivity contribution is 5.86. The van der Waals surface area contributed by atoms with E-state index in [1.54, 1.807) is 6.92 Å². The summed E-state index contributed by atoms with van der Waals surface area (Å²) >= 11 is 0. The molecule has 0 fully saturated rings. The Hall–Kier alpha value is -1.57. The van der Waals surface area contributed by atoms with Crippen molar-refractivity contribution < 1.29 is 9.53 Å². The van der Waals surface area contributed by atoms with Crippen molar-refractivity contribution in [3.05, 3.63) is 48.1 Å². The lowest BCUT2D eigenvalue weighted by Crippen LogP contribution is -2.38. The average Bonchev–Trinajstić information content (AvgIpc) is 2.51. The third kappa shape index (κ3) is 2.90. The van der Waals surface area contributed by atoms with Gasteiger partial charge in [-0.25, -0.2) is 4.79 Å². The molecule has 0 amide bonds. The number of rotatable bonds is 3. The zero-order valence-corrected chi connectivity index (χ0v) is 12.8. The van der Waals surface area contributed by atoms with Crippen molar-refractivity contribution in [3.8, 4) is 0 Å². The predicted octanol–water partition coefficient (Wildman–Crippen LogP) is 4.21. The van der Waals surface area contributed by atoms with Gasteiger partial charge in [0.2, 0.25) is 0 Å². The zero-order valence-electron chi connectivity index (χ0n) is 12.8. The summed E-state index contributed by atoms with van der Waals surface area (Å²) in [5.74, 6) is 1.83. The Kier molecular flexibility index (Phi) is 4.14. The standard InChI is InChI=1S/C19H24O2/c1-13(2)19(20)21-12-18-16-9-5-3-7-14(16)11-15-8-4-6-10-17(15)18/h3,6-7,10-11,15-18H,1,4-5,8-9,12H2,2H3. The fourth-order valence-corrected chi connectivity index (χ4v) is 4.00. The maximum Gasteiger partial charge on any atom is 0.333 e. The third-order valence-electron chi connectivity index (χ3n) is 5.08. The first-order chi connectivity index (χ1) is 10.2. The van der Waals surface area contributed by atoms with Crippen LogP contribution in [0.1, 0.15) is 32.6 Å². The molecule has 21 heavy (non-hydrogen) atoms. The molecular formula is C19H24O2. The van der Waals surface area contributed by atoms with Gasteiger partial charge in [0.15, 0.2) is 0 Å². The van der Waals surface area contributed by atoms with Crippen molar-refractivity contribution in [1.29, 1.82) is 0 Å². The maximum atomic E-state index is 11.7. The Morgan fingerprint density at radius 2 is 2.14 bits per heavy atom. The molecule has 0 aliphatic heterocycles. The minimum atomic E-state index is -0.256. The van der Waals surface area contributed by atoms with E-state index in [-0.39, 0.29) is 5.97 Å². The lowest BCUT2D eigenvalue weighted by atomic mass is 9.62. The molecule has 2 heteroatoms. The second-order valence-corrected chi connectivity index (χ2v) is 6.54. The second-order valence-electron chi connectivity index (χ2n) is 6.54. The molecule has 0 aromatic rings. The first kappa shape index (κ1) is 14.4. The van der Waals surface area contributed by atoms with E-state index in [9.17, 15) is 4.79 Å². The van der Waals surface area contributed by atoms with E-state index >= 15 is 0 Å². The molecule has 4 atom stereocenters. The molecule has 3 aliphatic carbocycles. The number of carbonyl (C=O) groups is 1. The SMILES string of the molecule is C=C(C)C(=O)OCC1C2CCC=CC2=CC2CCC=CC21. The van der Waals surface area contributed by atoms with Crippen LogP contribution in [0.3, 0.4) is 0 Å². The van der Waals surface area contributed by atoms with Crippen molar-refractivity contribution in [2.24, 2.45) is 23.7 Å². The molecule has 112 valence electrons. The van der Waals surface area contributed by atoms with Crippen LogP contribution < -0.4 is 0 Å². The molecule has 0 aromatic carbocycles. The number of fused-ring (bicyclic) bond motifs is 2. The van der Waals surface area contributed by atoms with Crippen LogP contribution in [-0.4, -0.2) is 12.6 Å². The number of ether oxygens (including phenoxy) is 1. The topological polar surface area (TPSA) is 26.3 Å². The van der Waals surface area contributed by atoms with Gasteiger partial charge in [-0.15, -0.1) is 0 Å². The molecule has 4 unspecified atom stereocenters. The van der Waals surface area contributed by atoms with Crippen LogP contribution in [-0.2, 0) is 9.53 Å². The van der Waals surface area contributed by atoms with E-state index in [1.807, 2.05) is 0 Å². The number of allylic oxidation sites excluding steroid dienone is 6.